The van der Waals surface area contributed by atoms with E-state index in [4.69, 9.17) is 0 Å². The minimum Gasteiger partial charge on any atom is -0.258 e. The van der Waals surface area contributed by atoms with Gasteiger partial charge in [0.25, 0.3) is 5.69 Å². The second-order valence-corrected chi connectivity index (χ2v) is 4.30. The molecule has 0 aromatic heterocycles. The molecule has 0 saturated heterocycles. The van der Waals surface area contributed by atoms with Crippen molar-refractivity contribution in [1.82, 2.24) is 0 Å². The maximum atomic E-state index is 10.9. The predicted octanol–water partition coefficient (Wildman–Crippen LogP) is 3.28. The first-order chi connectivity index (χ1) is 10.0. The van der Waals surface area contributed by atoms with Gasteiger partial charge < -0.3 is 0 Å². The zero-order valence-corrected chi connectivity index (χ0v) is 11.3. The minimum atomic E-state index is -0.457. The number of nitro groups is 2. The molecule has 0 unspecified atom stereocenters. The zero-order valence-electron chi connectivity index (χ0n) is 11.3. The molecule has 7 nitrogen and oxygen atoms in total. The Morgan fingerprint density at radius 3 is 1.76 bits per heavy atom. The number of nitrogens with zero attached hydrogens (tertiary/aromatic N) is 3. The van der Waals surface area contributed by atoms with Crippen LogP contribution in [0.25, 0.3) is 11.1 Å². The number of benzene rings is 2. The third-order valence-electron chi connectivity index (χ3n) is 3.07. The van der Waals surface area contributed by atoms with Crippen molar-refractivity contribution >= 4 is 11.4 Å². The first kappa shape index (κ1) is 14.4. The molecule has 2 aromatic carbocycles. The molecule has 0 radical (unpaired) electrons. The van der Waals surface area contributed by atoms with E-state index in [-0.39, 0.29) is 12.2 Å². The third-order valence-corrected chi connectivity index (χ3v) is 3.07. The van der Waals surface area contributed by atoms with Crippen molar-refractivity contribution in [1.29, 1.82) is 0 Å². The highest BCUT2D eigenvalue weighted by Gasteiger charge is 2.14. The molecule has 0 heterocycles. The normalized spacial score (nSPS) is 10.1. The van der Waals surface area contributed by atoms with Crippen LogP contribution in [0.15, 0.2) is 48.5 Å². The van der Waals surface area contributed by atoms with E-state index in [1.807, 2.05) is 0 Å². The number of hydrazine groups is 1. The average molecular weight is 287 g/mol. The zero-order chi connectivity index (χ0) is 15.4. The number of anilines is 1. The van der Waals surface area contributed by atoms with Gasteiger partial charge in [-0.05, 0) is 42.3 Å². The van der Waals surface area contributed by atoms with E-state index in [1.165, 1.54) is 12.1 Å². The second kappa shape index (κ2) is 6.00. The Kier molecular flexibility index (Phi) is 4.13. The van der Waals surface area contributed by atoms with E-state index in [0.29, 0.717) is 5.69 Å². The summed E-state index contributed by atoms with van der Waals surface area (Å²) >= 11 is 0. The first-order valence-electron chi connectivity index (χ1n) is 6.29. The standard InChI is InChI=1S/C14H13N3O4/c1-2-15(17(20)21)13-7-3-11(4-8-13)12-5-9-14(10-6-12)16(18)19/h3-10H,2H2,1H3. The number of non-ortho nitro benzene ring substituents is 1. The highest BCUT2D eigenvalue weighted by Crippen LogP contribution is 2.25. The summed E-state index contributed by atoms with van der Waals surface area (Å²) in [5.41, 5.74) is 2.18. The number of nitro benzene ring substituents is 1. The summed E-state index contributed by atoms with van der Waals surface area (Å²) in [7, 11) is 0. The summed E-state index contributed by atoms with van der Waals surface area (Å²) in [5.74, 6) is 0. The molecule has 0 aliphatic rings. The maximum absolute atomic E-state index is 10.9. The van der Waals surface area contributed by atoms with Crippen LogP contribution in [-0.2, 0) is 0 Å². The molecule has 2 aromatic rings. The smallest absolute Gasteiger partial charge is 0.258 e. The van der Waals surface area contributed by atoms with Crippen LogP contribution < -0.4 is 5.01 Å². The van der Waals surface area contributed by atoms with Crippen molar-refractivity contribution in [2.75, 3.05) is 11.6 Å². The summed E-state index contributed by atoms with van der Waals surface area (Å²) in [5, 5.41) is 22.0. The van der Waals surface area contributed by atoms with E-state index in [0.717, 1.165) is 16.1 Å². The Hall–Kier alpha value is -2.96. The van der Waals surface area contributed by atoms with Gasteiger partial charge in [0.05, 0.1) is 11.5 Å². The Balaban J connectivity index is 2.26. The first-order valence-corrected chi connectivity index (χ1v) is 6.29. The van der Waals surface area contributed by atoms with Gasteiger partial charge in [0.2, 0.25) is 0 Å². The van der Waals surface area contributed by atoms with Crippen molar-refractivity contribution in [2.24, 2.45) is 0 Å². The Morgan fingerprint density at radius 2 is 1.38 bits per heavy atom. The second-order valence-electron chi connectivity index (χ2n) is 4.30. The van der Waals surface area contributed by atoms with E-state index in [2.05, 4.69) is 0 Å². The van der Waals surface area contributed by atoms with Crippen LogP contribution in [0, 0.1) is 20.2 Å². The molecule has 0 N–H and O–H groups in total. The summed E-state index contributed by atoms with van der Waals surface area (Å²) in [6, 6.07) is 13.0. The fourth-order valence-electron chi connectivity index (χ4n) is 1.99. The van der Waals surface area contributed by atoms with E-state index in [1.54, 1.807) is 43.3 Å². The largest absolute Gasteiger partial charge is 0.269 e. The molecule has 0 bridgehead atoms. The van der Waals surface area contributed by atoms with Gasteiger partial charge in [0.15, 0.2) is 5.03 Å². The van der Waals surface area contributed by atoms with Crippen molar-refractivity contribution in [3.8, 4) is 11.1 Å². The molecular weight excluding hydrogens is 274 g/mol. The lowest BCUT2D eigenvalue weighted by Crippen LogP contribution is -2.29. The molecule has 21 heavy (non-hydrogen) atoms. The predicted molar refractivity (Wildman–Crippen MR) is 78.5 cm³/mol. The quantitative estimate of drug-likeness (QED) is 0.621. The van der Waals surface area contributed by atoms with E-state index < -0.39 is 9.96 Å². The fraction of sp³-hybridized carbons (Fsp3) is 0.143. The molecule has 0 aliphatic carbocycles. The number of rotatable bonds is 5. The highest BCUT2D eigenvalue weighted by molar-refractivity contribution is 5.67. The SMILES string of the molecule is CCN(c1ccc(-c2ccc([N+](=O)[O-])cc2)cc1)[N+](=O)[O-]. The average Bonchev–Trinajstić information content (AvgIpc) is 2.48. The summed E-state index contributed by atoms with van der Waals surface area (Å²) < 4.78 is 0. The molecule has 0 spiro atoms. The lowest BCUT2D eigenvalue weighted by atomic mass is 10.1. The van der Waals surface area contributed by atoms with Crippen LogP contribution in [-0.4, -0.2) is 16.5 Å². The molecule has 7 heteroatoms. The van der Waals surface area contributed by atoms with Crippen LogP contribution in [0.1, 0.15) is 6.92 Å². The Labute approximate surface area is 120 Å². The summed E-state index contributed by atoms with van der Waals surface area (Å²) in [6.07, 6.45) is 0. The Bertz CT molecular complexity index is 653. The van der Waals surface area contributed by atoms with Crippen LogP contribution in [0.3, 0.4) is 0 Å². The summed E-state index contributed by atoms with van der Waals surface area (Å²) in [6.45, 7) is 1.97. The van der Waals surface area contributed by atoms with Gasteiger partial charge in [-0.1, -0.05) is 17.1 Å². The van der Waals surface area contributed by atoms with Gasteiger partial charge in [-0.2, -0.15) is 0 Å². The lowest BCUT2D eigenvalue weighted by molar-refractivity contribution is -0.494. The minimum absolute atomic E-state index is 0.0286. The Morgan fingerprint density at radius 1 is 0.905 bits per heavy atom. The summed E-state index contributed by atoms with van der Waals surface area (Å²) in [4.78, 5) is 21.0. The van der Waals surface area contributed by atoms with Gasteiger partial charge in [0.1, 0.15) is 5.69 Å². The number of hydrogen-bond donors (Lipinski definition) is 0. The van der Waals surface area contributed by atoms with E-state index in [9.17, 15) is 20.2 Å². The molecule has 0 atom stereocenters. The van der Waals surface area contributed by atoms with Gasteiger partial charge in [-0.15, -0.1) is 0 Å². The molecule has 0 saturated carbocycles. The molecule has 108 valence electrons. The lowest BCUT2D eigenvalue weighted by Gasteiger charge is -2.12. The fourth-order valence-corrected chi connectivity index (χ4v) is 1.99. The van der Waals surface area contributed by atoms with Crippen LogP contribution >= 0.6 is 0 Å². The molecule has 0 amide bonds. The van der Waals surface area contributed by atoms with Crippen molar-refractivity contribution in [3.05, 3.63) is 68.8 Å². The van der Waals surface area contributed by atoms with Crippen molar-refractivity contribution in [2.45, 2.75) is 6.92 Å². The highest BCUT2D eigenvalue weighted by atomic mass is 16.7. The molecular formula is C14H13N3O4. The van der Waals surface area contributed by atoms with Crippen molar-refractivity contribution < 1.29 is 9.96 Å². The molecule has 2 rings (SSSR count). The molecule has 0 aliphatic heterocycles. The van der Waals surface area contributed by atoms with Gasteiger partial charge in [-0.3, -0.25) is 10.1 Å². The van der Waals surface area contributed by atoms with Crippen molar-refractivity contribution in [3.63, 3.8) is 0 Å². The van der Waals surface area contributed by atoms with Crippen LogP contribution in [0.2, 0.25) is 0 Å². The topological polar surface area (TPSA) is 89.5 Å². The van der Waals surface area contributed by atoms with Crippen LogP contribution in [0.5, 0.6) is 0 Å². The molecule has 0 fully saturated rings. The number of hydrogen-bond acceptors (Lipinski definition) is 4. The monoisotopic (exact) mass is 287 g/mol. The van der Waals surface area contributed by atoms with Gasteiger partial charge in [-0.25, -0.2) is 10.1 Å². The van der Waals surface area contributed by atoms with Gasteiger partial charge >= 0.3 is 0 Å². The third kappa shape index (κ3) is 3.14. The van der Waals surface area contributed by atoms with Crippen LogP contribution in [0.4, 0.5) is 11.4 Å². The van der Waals surface area contributed by atoms with Gasteiger partial charge in [0, 0.05) is 12.1 Å². The van der Waals surface area contributed by atoms with E-state index >= 15 is 0 Å². The maximum Gasteiger partial charge on any atom is 0.269 e.